The van der Waals surface area contributed by atoms with Crippen molar-refractivity contribution in [3.8, 4) is 0 Å². The molecule has 0 fully saturated rings. The summed E-state index contributed by atoms with van der Waals surface area (Å²) in [4.78, 5) is 30.5. The summed E-state index contributed by atoms with van der Waals surface area (Å²) in [6, 6.07) is 10.4. The number of esters is 1. The Bertz CT molecular complexity index is 1010. The van der Waals surface area contributed by atoms with Gasteiger partial charge >= 0.3 is 5.97 Å². The minimum atomic E-state index is -0.613. The second kappa shape index (κ2) is 7.27. The first-order chi connectivity index (χ1) is 12.0. The van der Waals surface area contributed by atoms with Crippen molar-refractivity contribution in [2.75, 3.05) is 0 Å². The lowest BCUT2D eigenvalue weighted by molar-refractivity contribution is -0.139. The molecule has 0 unspecified atom stereocenters. The zero-order valence-corrected chi connectivity index (χ0v) is 13.6. The van der Waals surface area contributed by atoms with Gasteiger partial charge in [0.1, 0.15) is 18.2 Å². The first kappa shape index (κ1) is 16.9. The monoisotopic (exact) mass is 358 g/mol. The Hall–Kier alpha value is -2.99. The molecule has 0 atom stereocenters. The maximum absolute atomic E-state index is 12.8. The van der Waals surface area contributed by atoms with Gasteiger partial charge in [-0.1, -0.05) is 23.7 Å². The summed E-state index contributed by atoms with van der Waals surface area (Å²) < 4.78 is 17.8. The number of nitrogens with zero attached hydrogens (tertiary/aromatic N) is 1. The van der Waals surface area contributed by atoms with Crippen LogP contribution in [0.5, 0.6) is 0 Å². The van der Waals surface area contributed by atoms with Crippen molar-refractivity contribution in [3.63, 3.8) is 0 Å². The molecule has 0 saturated heterocycles. The number of rotatable bonds is 4. The molecule has 1 N–H and O–H groups in total. The molecule has 3 aromatic rings. The van der Waals surface area contributed by atoms with Crippen LogP contribution in [0.2, 0.25) is 5.02 Å². The van der Waals surface area contributed by atoms with Crippen molar-refractivity contribution >= 4 is 34.5 Å². The van der Waals surface area contributed by atoms with Crippen molar-refractivity contribution in [1.29, 1.82) is 0 Å². The van der Waals surface area contributed by atoms with E-state index in [1.165, 1.54) is 36.4 Å². The number of H-pyrrole nitrogens is 1. The molecule has 0 aliphatic heterocycles. The largest absolute Gasteiger partial charge is 0.454 e. The van der Waals surface area contributed by atoms with Gasteiger partial charge in [-0.15, -0.1) is 0 Å². The molecule has 7 heteroatoms. The Morgan fingerprint density at radius 2 is 2.00 bits per heavy atom. The number of carbonyl (C=O) groups excluding carboxylic acids is 1. The Morgan fingerprint density at radius 3 is 2.76 bits per heavy atom. The Morgan fingerprint density at radius 1 is 1.24 bits per heavy atom. The smallest absolute Gasteiger partial charge is 0.331 e. The minimum Gasteiger partial charge on any atom is -0.454 e. The van der Waals surface area contributed by atoms with Crippen LogP contribution in [0.25, 0.3) is 17.0 Å². The topological polar surface area (TPSA) is 72.0 Å². The number of aromatic nitrogens is 2. The number of ether oxygens (including phenoxy) is 1. The minimum absolute atomic E-state index is 0.190. The van der Waals surface area contributed by atoms with Gasteiger partial charge in [-0.05, 0) is 42.0 Å². The summed E-state index contributed by atoms with van der Waals surface area (Å²) in [5.74, 6) is -0.757. The highest BCUT2D eigenvalue weighted by atomic mass is 35.5. The fraction of sp³-hybridized carbons (Fsp3) is 0.0556. The van der Waals surface area contributed by atoms with E-state index in [1.54, 1.807) is 18.2 Å². The molecule has 25 heavy (non-hydrogen) atoms. The number of fused-ring (bicyclic) bond motifs is 1. The van der Waals surface area contributed by atoms with E-state index in [2.05, 4.69) is 9.97 Å². The maximum Gasteiger partial charge on any atom is 0.331 e. The Labute approximate surface area is 146 Å². The average molecular weight is 359 g/mol. The molecule has 0 bridgehead atoms. The van der Waals surface area contributed by atoms with Gasteiger partial charge in [-0.25, -0.2) is 14.2 Å². The first-order valence-corrected chi connectivity index (χ1v) is 7.68. The second-order valence-electron chi connectivity index (χ2n) is 5.17. The van der Waals surface area contributed by atoms with Crippen LogP contribution < -0.4 is 5.56 Å². The molecule has 0 aliphatic rings. The van der Waals surface area contributed by atoms with Crippen LogP contribution in [-0.2, 0) is 16.1 Å². The summed E-state index contributed by atoms with van der Waals surface area (Å²) in [7, 11) is 0. The molecular weight excluding hydrogens is 347 g/mol. The highest BCUT2D eigenvalue weighted by Gasteiger charge is 2.06. The van der Waals surface area contributed by atoms with Gasteiger partial charge in [0, 0.05) is 11.1 Å². The van der Waals surface area contributed by atoms with E-state index >= 15 is 0 Å². The van der Waals surface area contributed by atoms with Crippen LogP contribution in [0.3, 0.4) is 0 Å². The second-order valence-corrected chi connectivity index (χ2v) is 5.60. The van der Waals surface area contributed by atoms with Crippen molar-refractivity contribution in [2.45, 2.75) is 6.61 Å². The standard InChI is InChI=1S/C18H12ClFN2O3/c19-12-4-7-14-15(9-12)21-16(22-18(14)24)10-25-17(23)8-3-11-1-5-13(20)6-2-11/h1-9H,10H2,(H,21,22,24)/b8-3+. The van der Waals surface area contributed by atoms with Crippen molar-refractivity contribution in [2.24, 2.45) is 0 Å². The quantitative estimate of drug-likeness (QED) is 0.572. The van der Waals surface area contributed by atoms with Gasteiger partial charge in [-0.2, -0.15) is 0 Å². The van der Waals surface area contributed by atoms with E-state index in [0.29, 0.717) is 21.5 Å². The van der Waals surface area contributed by atoms with Gasteiger partial charge in [0.2, 0.25) is 0 Å². The van der Waals surface area contributed by atoms with Crippen LogP contribution >= 0.6 is 11.6 Å². The van der Waals surface area contributed by atoms with E-state index in [1.807, 2.05) is 0 Å². The van der Waals surface area contributed by atoms with Gasteiger partial charge in [0.05, 0.1) is 10.9 Å². The number of hydrogen-bond donors (Lipinski definition) is 1. The Balaban J connectivity index is 1.68. The van der Waals surface area contributed by atoms with E-state index in [0.717, 1.165) is 0 Å². The fourth-order valence-electron chi connectivity index (χ4n) is 2.16. The molecule has 1 heterocycles. The lowest BCUT2D eigenvalue weighted by Gasteiger charge is -2.04. The molecule has 0 radical (unpaired) electrons. The van der Waals surface area contributed by atoms with Crippen molar-refractivity contribution in [3.05, 3.63) is 81.1 Å². The van der Waals surface area contributed by atoms with Crippen LogP contribution in [0, 0.1) is 5.82 Å². The highest BCUT2D eigenvalue weighted by molar-refractivity contribution is 6.31. The zero-order chi connectivity index (χ0) is 17.8. The third kappa shape index (κ3) is 4.30. The molecule has 1 aromatic heterocycles. The Kier molecular flexibility index (Phi) is 4.90. The normalized spacial score (nSPS) is 11.1. The number of carbonyl (C=O) groups is 1. The van der Waals surface area contributed by atoms with Crippen LogP contribution in [-0.4, -0.2) is 15.9 Å². The van der Waals surface area contributed by atoms with Gasteiger partial charge in [0.25, 0.3) is 5.56 Å². The summed E-state index contributed by atoms with van der Waals surface area (Å²) in [5.41, 5.74) is 0.740. The number of halogens is 2. The van der Waals surface area contributed by atoms with E-state index in [9.17, 15) is 14.0 Å². The van der Waals surface area contributed by atoms with E-state index in [4.69, 9.17) is 16.3 Å². The third-order valence-electron chi connectivity index (χ3n) is 3.35. The zero-order valence-electron chi connectivity index (χ0n) is 12.8. The lowest BCUT2D eigenvalue weighted by Crippen LogP contribution is -2.13. The van der Waals surface area contributed by atoms with Crippen molar-refractivity contribution < 1.29 is 13.9 Å². The first-order valence-electron chi connectivity index (χ1n) is 7.30. The molecule has 0 spiro atoms. The summed E-state index contributed by atoms with van der Waals surface area (Å²) in [6.07, 6.45) is 2.71. The lowest BCUT2D eigenvalue weighted by atomic mass is 10.2. The molecule has 0 aliphatic carbocycles. The van der Waals surface area contributed by atoms with E-state index < -0.39 is 5.97 Å². The summed E-state index contributed by atoms with van der Waals surface area (Å²) in [5, 5.41) is 0.853. The summed E-state index contributed by atoms with van der Waals surface area (Å²) in [6.45, 7) is -0.190. The molecule has 126 valence electrons. The predicted molar refractivity (Wildman–Crippen MR) is 92.6 cm³/mol. The number of aromatic amines is 1. The average Bonchev–Trinajstić information content (AvgIpc) is 2.59. The molecular formula is C18H12ClFN2O3. The van der Waals surface area contributed by atoms with Crippen LogP contribution in [0.4, 0.5) is 4.39 Å². The number of hydrogen-bond acceptors (Lipinski definition) is 4. The molecule has 5 nitrogen and oxygen atoms in total. The molecule has 0 saturated carbocycles. The fourth-order valence-corrected chi connectivity index (χ4v) is 2.32. The predicted octanol–water partition coefficient (Wildman–Crippen LogP) is 3.47. The van der Waals surface area contributed by atoms with Crippen LogP contribution in [0.1, 0.15) is 11.4 Å². The maximum atomic E-state index is 12.8. The number of benzene rings is 2. The van der Waals surface area contributed by atoms with Gasteiger partial charge in [0.15, 0.2) is 0 Å². The SMILES string of the molecule is O=C(/C=C/c1ccc(F)cc1)OCc1nc2cc(Cl)ccc2c(=O)[nH]1. The van der Waals surface area contributed by atoms with E-state index in [-0.39, 0.29) is 23.8 Å². The molecule has 3 rings (SSSR count). The molecule has 2 aromatic carbocycles. The van der Waals surface area contributed by atoms with Gasteiger partial charge in [-0.3, -0.25) is 4.79 Å². The highest BCUT2D eigenvalue weighted by Crippen LogP contribution is 2.14. The van der Waals surface area contributed by atoms with Crippen molar-refractivity contribution in [1.82, 2.24) is 9.97 Å². The number of nitrogens with one attached hydrogen (secondary N) is 1. The summed E-state index contributed by atoms with van der Waals surface area (Å²) >= 11 is 5.89. The molecule has 0 amide bonds. The van der Waals surface area contributed by atoms with Crippen LogP contribution in [0.15, 0.2) is 53.3 Å². The third-order valence-corrected chi connectivity index (χ3v) is 3.59. The van der Waals surface area contributed by atoms with Gasteiger partial charge < -0.3 is 9.72 Å².